The Hall–Kier alpha value is -0.640. The van der Waals surface area contributed by atoms with E-state index < -0.39 is 0 Å². The highest BCUT2D eigenvalue weighted by molar-refractivity contribution is 6.30. The van der Waals surface area contributed by atoms with E-state index >= 15 is 0 Å². The van der Waals surface area contributed by atoms with E-state index in [1.807, 2.05) is 12.1 Å². The summed E-state index contributed by atoms with van der Waals surface area (Å²) in [6.45, 7) is 6.22. The van der Waals surface area contributed by atoms with Gasteiger partial charge in [-0.3, -0.25) is 4.90 Å². The zero-order valence-electron chi connectivity index (χ0n) is 13.2. The summed E-state index contributed by atoms with van der Waals surface area (Å²) in [5.74, 6) is 0.153. The third-order valence-electron chi connectivity index (χ3n) is 4.35. The Morgan fingerprint density at radius 1 is 1.38 bits per heavy atom. The number of hydrogen-bond donors (Lipinski definition) is 1. The van der Waals surface area contributed by atoms with E-state index in [4.69, 9.17) is 11.6 Å². The van der Waals surface area contributed by atoms with Crippen molar-refractivity contribution in [3.05, 3.63) is 34.6 Å². The van der Waals surface area contributed by atoms with Crippen molar-refractivity contribution in [1.29, 1.82) is 0 Å². The van der Waals surface area contributed by atoms with E-state index in [0.29, 0.717) is 12.0 Å². The summed E-state index contributed by atoms with van der Waals surface area (Å²) >= 11 is 5.99. The molecule has 1 aromatic carbocycles. The fourth-order valence-corrected chi connectivity index (χ4v) is 3.45. The highest BCUT2D eigenvalue weighted by atomic mass is 35.5. The molecule has 1 aliphatic heterocycles. The molecule has 1 saturated heterocycles. The minimum atomic E-state index is -0.257. The van der Waals surface area contributed by atoms with E-state index in [0.717, 1.165) is 25.1 Å². The van der Waals surface area contributed by atoms with Crippen LogP contribution in [0.1, 0.15) is 44.7 Å². The second-order valence-electron chi connectivity index (χ2n) is 6.39. The maximum atomic E-state index is 14.5. The van der Waals surface area contributed by atoms with Gasteiger partial charge in [0.1, 0.15) is 5.82 Å². The van der Waals surface area contributed by atoms with Crippen molar-refractivity contribution in [2.75, 3.05) is 20.1 Å². The molecule has 2 atom stereocenters. The first kappa shape index (κ1) is 16.7. The molecule has 1 N–H and O–H groups in total. The summed E-state index contributed by atoms with van der Waals surface area (Å²) in [4.78, 5) is 2.29. The van der Waals surface area contributed by atoms with Crippen LogP contribution < -0.4 is 5.32 Å². The number of rotatable bonds is 4. The van der Waals surface area contributed by atoms with E-state index in [-0.39, 0.29) is 16.9 Å². The predicted octanol–water partition coefficient (Wildman–Crippen LogP) is 4.25. The summed E-state index contributed by atoms with van der Waals surface area (Å²) in [7, 11) is 2.10. The number of nitrogens with one attached hydrogen (secondary N) is 1. The SMILES string of the molecule is CC(C)NCC1CCCCN(C)C1c1cccc(Cl)c1F. The second kappa shape index (κ2) is 7.57. The Balaban J connectivity index is 2.30. The molecule has 2 nitrogen and oxygen atoms in total. The van der Waals surface area contributed by atoms with Crippen molar-refractivity contribution in [3.8, 4) is 0 Å². The van der Waals surface area contributed by atoms with Crippen LogP contribution in [-0.4, -0.2) is 31.1 Å². The molecule has 2 unspecified atom stereocenters. The summed E-state index contributed by atoms with van der Waals surface area (Å²) in [5, 5.41) is 3.74. The first-order valence-electron chi connectivity index (χ1n) is 7.88. The topological polar surface area (TPSA) is 15.3 Å². The minimum absolute atomic E-state index is 0.0949. The maximum absolute atomic E-state index is 14.5. The molecule has 1 aliphatic rings. The van der Waals surface area contributed by atoms with Crippen molar-refractivity contribution in [2.45, 2.75) is 45.2 Å². The zero-order chi connectivity index (χ0) is 15.4. The molecular formula is C17H26ClFN2. The summed E-state index contributed by atoms with van der Waals surface area (Å²) < 4.78 is 14.5. The average Bonchev–Trinajstić information content (AvgIpc) is 2.61. The van der Waals surface area contributed by atoms with Gasteiger partial charge < -0.3 is 5.32 Å². The van der Waals surface area contributed by atoms with Gasteiger partial charge in [0, 0.05) is 24.2 Å². The van der Waals surface area contributed by atoms with Crippen LogP contribution >= 0.6 is 11.6 Å². The Bertz CT molecular complexity index is 464. The van der Waals surface area contributed by atoms with Crippen LogP contribution in [0.2, 0.25) is 5.02 Å². The first-order valence-corrected chi connectivity index (χ1v) is 8.26. The van der Waals surface area contributed by atoms with Gasteiger partial charge in [-0.05, 0) is 38.4 Å². The standard InChI is InChI=1S/C17H26ClFN2/c1-12(2)20-11-13-7-4-5-10-21(3)17(13)14-8-6-9-15(18)16(14)19/h6,8-9,12-13,17,20H,4-5,7,10-11H2,1-3H3. The van der Waals surface area contributed by atoms with Crippen LogP contribution in [0.15, 0.2) is 18.2 Å². The Morgan fingerprint density at radius 2 is 2.14 bits per heavy atom. The van der Waals surface area contributed by atoms with E-state index in [1.54, 1.807) is 6.07 Å². The van der Waals surface area contributed by atoms with Gasteiger partial charge in [0.2, 0.25) is 0 Å². The number of hydrogen-bond acceptors (Lipinski definition) is 2. The van der Waals surface area contributed by atoms with Crippen molar-refractivity contribution in [3.63, 3.8) is 0 Å². The van der Waals surface area contributed by atoms with Gasteiger partial charge in [-0.15, -0.1) is 0 Å². The van der Waals surface area contributed by atoms with E-state index in [1.165, 1.54) is 12.8 Å². The molecule has 0 radical (unpaired) electrons. The molecule has 4 heteroatoms. The molecule has 0 aliphatic carbocycles. The molecule has 0 aromatic heterocycles. The molecule has 2 rings (SSSR count). The van der Waals surface area contributed by atoms with Crippen molar-refractivity contribution >= 4 is 11.6 Å². The van der Waals surface area contributed by atoms with Gasteiger partial charge in [-0.1, -0.05) is 44.0 Å². The van der Waals surface area contributed by atoms with Crippen LogP contribution in [-0.2, 0) is 0 Å². The Morgan fingerprint density at radius 3 is 2.86 bits per heavy atom. The largest absolute Gasteiger partial charge is 0.314 e. The number of likely N-dealkylation sites (tertiary alicyclic amines) is 1. The van der Waals surface area contributed by atoms with Gasteiger partial charge in [0.25, 0.3) is 0 Å². The third-order valence-corrected chi connectivity index (χ3v) is 4.64. The molecule has 1 aromatic rings. The van der Waals surface area contributed by atoms with Crippen LogP contribution in [0, 0.1) is 11.7 Å². The molecule has 0 saturated carbocycles. The quantitative estimate of drug-likeness (QED) is 0.894. The molecule has 0 spiro atoms. The molecule has 118 valence electrons. The van der Waals surface area contributed by atoms with Gasteiger partial charge in [-0.25, -0.2) is 4.39 Å². The highest BCUT2D eigenvalue weighted by Gasteiger charge is 2.31. The van der Waals surface area contributed by atoms with E-state index in [9.17, 15) is 4.39 Å². The van der Waals surface area contributed by atoms with Gasteiger partial charge in [-0.2, -0.15) is 0 Å². The monoisotopic (exact) mass is 312 g/mol. The Kier molecular flexibility index (Phi) is 6.03. The second-order valence-corrected chi connectivity index (χ2v) is 6.79. The lowest BCUT2D eigenvalue weighted by molar-refractivity contribution is 0.183. The average molecular weight is 313 g/mol. The van der Waals surface area contributed by atoms with Crippen LogP contribution in [0.3, 0.4) is 0 Å². The lowest BCUT2D eigenvalue weighted by Gasteiger charge is -2.33. The van der Waals surface area contributed by atoms with Crippen molar-refractivity contribution in [2.24, 2.45) is 5.92 Å². The van der Waals surface area contributed by atoms with Crippen LogP contribution in [0.25, 0.3) is 0 Å². The Labute approximate surface area is 132 Å². The van der Waals surface area contributed by atoms with E-state index in [2.05, 4.69) is 31.1 Å². The molecule has 1 heterocycles. The molecular weight excluding hydrogens is 287 g/mol. The fraction of sp³-hybridized carbons (Fsp3) is 0.647. The molecule has 21 heavy (non-hydrogen) atoms. The maximum Gasteiger partial charge on any atom is 0.146 e. The predicted molar refractivity (Wildman–Crippen MR) is 87.3 cm³/mol. The fourth-order valence-electron chi connectivity index (χ4n) is 3.27. The normalized spacial score (nSPS) is 24.3. The molecule has 1 fully saturated rings. The highest BCUT2D eigenvalue weighted by Crippen LogP contribution is 2.36. The first-order chi connectivity index (χ1) is 10.0. The van der Waals surface area contributed by atoms with Crippen LogP contribution in [0.5, 0.6) is 0 Å². The summed E-state index contributed by atoms with van der Waals surface area (Å²) in [5.41, 5.74) is 0.738. The minimum Gasteiger partial charge on any atom is -0.314 e. The smallest absolute Gasteiger partial charge is 0.146 e. The summed E-state index contributed by atoms with van der Waals surface area (Å²) in [6.07, 6.45) is 3.50. The zero-order valence-corrected chi connectivity index (χ0v) is 14.0. The van der Waals surface area contributed by atoms with Crippen LogP contribution in [0.4, 0.5) is 4.39 Å². The summed E-state index contributed by atoms with van der Waals surface area (Å²) in [6, 6.07) is 5.90. The molecule has 0 amide bonds. The van der Waals surface area contributed by atoms with Gasteiger partial charge in [0.05, 0.1) is 5.02 Å². The molecule has 0 bridgehead atoms. The lowest BCUT2D eigenvalue weighted by atomic mass is 9.88. The van der Waals surface area contributed by atoms with Crippen molar-refractivity contribution < 1.29 is 4.39 Å². The lowest BCUT2D eigenvalue weighted by Crippen LogP contribution is -2.37. The van der Waals surface area contributed by atoms with Gasteiger partial charge >= 0.3 is 0 Å². The number of halogens is 2. The van der Waals surface area contributed by atoms with Gasteiger partial charge in [0.15, 0.2) is 0 Å². The third kappa shape index (κ3) is 4.18. The van der Waals surface area contributed by atoms with Crippen molar-refractivity contribution in [1.82, 2.24) is 10.2 Å². The number of benzene rings is 1. The number of nitrogens with zero attached hydrogens (tertiary/aromatic N) is 1.